The van der Waals surface area contributed by atoms with Crippen LogP contribution in [0.5, 0.6) is 0 Å². The van der Waals surface area contributed by atoms with Crippen LogP contribution in [-0.2, 0) is 11.3 Å². The van der Waals surface area contributed by atoms with Gasteiger partial charge in [0.25, 0.3) is 0 Å². The SMILES string of the molecule is O=C(O)CC1(Cn2ccc(=O)c3ccccc32)CC1. The largest absolute Gasteiger partial charge is 0.481 e. The minimum absolute atomic E-state index is 0.00920. The Hall–Kier alpha value is -2.10. The molecule has 1 fully saturated rings. The van der Waals surface area contributed by atoms with Crippen molar-refractivity contribution in [3.05, 3.63) is 46.8 Å². The fourth-order valence-electron chi connectivity index (χ4n) is 2.65. The van der Waals surface area contributed by atoms with Crippen LogP contribution in [0.4, 0.5) is 0 Å². The van der Waals surface area contributed by atoms with Crippen LogP contribution in [0.25, 0.3) is 10.9 Å². The number of fused-ring (bicyclic) bond motifs is 1. The van der Waals surface area contributed by atoms with Crippen molar-refractivity contribution in [3.8, 4) is 0 Å². The number of aromatic nitrogens is 1. The quantitative estimate of drug-likeness (QED) is 0.914. The van der Waals surface area contributed by atoms with Crippen LogP contribution < -0.4 is 5.43 Å². The van der Waals surface area contributed by atoms with Gasteiger partial charge in [0.15, 0.2) is 5.43 Å². The lowest BCUT2D eigenvalue weighted by molar-refractivity contribution is -0.138. The van der Waals surface area contributed by atoms with Crippen LogP contribution in [-0.4, -0.2) is 15.6 Å². The van der Waals surface area contributed by atoms with Gasteiger partial charge in [-0.25, -0.2) is 0 Å². The summed E-state index contributed by atoms with van der Waals surface area (Å²) in [6.45, 7) is 0.667. The molecule has 1 aliphatic carbocycles. The summed E-state index contributed by atoms with van der Waals surface area (Å²) in [4.78, 5) is 22.7. The van der Waals surface area contributed by atoms with Gasteiger partial charge in [0.2, 0.25) is 0 Å². The van der Waals surface area contributed by atoms with E-state index in [4.69, 9.17) is 5.11 Å². The molecular formula is C15H15NO3. The second-order valence-electron chi connectivity index (χ2n) is 5.40. The number of aliphatic carboxylic acids is 1. The predicted molar refractivity (Wildman–Crippen MR) is 72.1 cm³/mol. The molecule has 1 N–H and O–H groups in total. The molecule has 0 aliphatic heterocycles. The van der Waals surface area contributed by atoms with Gasteiger partial charge in [-0.05, 0) is 30.4 Å². The van der Waals surface area contributed by atoms with Crippen molar-refractivity contribution in [1.29, 1.82) is 0 Å². The van der Waals surface area contributed by atoms with Gasteiger partial charge in [0.1, 0.15) is 0 Å². The number of carboxylic acids is 1. The van der Waals surface area contributed by atoms with Gasteiger partial charge in [-0.1, -0.05) is 12.1 Å². The second kappa shape index (κ2) is 4.23. The molecule has 0 bridgehead atoms. The van der Waals surface area contributed by atoms with Crippen LogP contribution in [0.1, 0.15) is 19.3 Å². The Balaban J connectivity index is 2.00. The predicted octanol–water partition coefficient (Wildman–Crippen LogP) is 2.26. The van der Waals surface area contributed by atoms with Crippen molar-refractivity contribution < 1.29 is 9.90 Å². The molecule has 1 heterocycles. The summed E-state index contributed by atoms with van der Waals surface area (Å²) in [5.74, 6) is -0.747. The number of carboxylic acid groups (broad SMARTS) is 1. The van der Waals surface area contributed by atoms with Gasteiger partial charge in [-0.2, -0.15) is 0 Å². The van der Waals surface area contributed by atoms with Crippen molar-refractivity contribution in [2.75, 3.05) is 0 Å². The van der Waals surface area contributed by atoms with Crippen LogP contribution in [0.3, 0.4) is 0 Å². The fourth-order valence-corrected chi connectivity index (χ4v) is 2.65. The Morgan fingerprint density at radius 3 is 2.68 bits per heavy atom. The minimum atomic E-state index is -0.747. The minimum Gasteiger partial charge on any atom is -0.481 e. The number of carbonyl (C=O) groups is 1. The summed E-state index contributed by atoms with van der Waals surface area (Å²) in [5, 5.41) is 9.66. The lowest BCUT2D eigenvalue weighted by Gasteiger charge is -2.17. The Morgan fingerprint density at radius 2 is 2.00 bits per heavy atom. The number of rotatable bonds is 4. The molecule has 1 aliphatic rings. The first-order valence-corrected chi connectivity index (χ1v) is 6.40. The third-order valence-electron chi connectivity index (χ3n) is 3.87. The smallest absolute Gasteiger partial charge is 0.303 e. The van der Waals surface area contributed by atoms with Crippen molar-refractivity contribution in [3.63, 3.8) is 0 Å². The molecule has 1 aromatic heterocycles. The van der Waals surface area contributed by atoms with E-state index < -0.39 is 5.97 Å². The monoisotopic (exact) mass is 257 g/mol. The van der Waals surface area contributed by atoms with E-state index in [9.17, 15) is 9.59 Å². The summed E-state index contributed by atoms with van der Waals surface area (Å²) >= 11 is 0. The van der Waals surface area contributed by atoms with E-state index in [1.165, 1.54) is 0 Å². The van der Waals surface area contributed by atoms with Crippen molar-refractivity contribution >= 4 is 16.9 Å². The third-order valence-corrected chi connectivity index (χ3v) is 3.87. The van der Waals surface area contributed by atoms with Crippen molar-refractivity contribution in [2.24, 2.45) is 5.41 Å². The highest BCUT2D eigenvalue weighted by atomic mass is 16.4. The molecule has 2 aromatic rings. The van der Waals surface area contributed by atoms with Gasteiger partial charge >= 0.3 is 5.97 Å². The normalized spacial score (nSPS) is 16.4. The summed E-state index contributed by atoms with van der Waals surface area (Å²) in [7, 11) is 0. The van der Waals surface area contributed by atoms with Gasteiger partial charge in [0.05, 0.1) is 11.9 Å². The van der Waals surface area contributed by atoms with E-state index in [-0.39, 0.29) is 17.3 Å². The first-order chi connectivity index (χ1) is 9.10. The average Bonchev–Trinajstić information content (AvgIpc) is 3.12. The maximum absolute atomic E-state index is 11.8. The van der Waals surface area contributed by atoms with E-state index in [0.29, 0.717) is 11.9 Å². The zero-order valence-electron chi connectivity index (χ0n) is 10.5. The molecule has 0 saturated heterocycles. The molecule has 0 radical (unpaired) electrons. The highest BCUT2D eigenvalue weighted by Gasteiger charge is 2.44. The van der Waals surface area contributed by atoms with E-state index in [0.717, 1.165) is 18.4 Å². The Kier molecular flexibility index (Phi) is 2.66. The van der Waals surface area contributed by atoms with Gasteiger partial charge in [-0.15, -0.1) is 0 Å². The lowest BCUT2D eigenvalue weighted by atomic mass is 10.0. The molecule has 1 saturated carbocycles. The number of benzene rings is 1. The van der Waals surface area contributed by atoms with Crippen LogP contribution >= 0.6 is 0 Å². The molecule has 4 nitrogen and oxygen atoms in total. The van der Waals surface area contributed by atoms with Gasteiger partial charge in [-0.3, -0.25) is 9.59 Å². The molecule has 98 valence electrons. The van der Waals surface area contributed by atoms with Gasteiger partial charge in [0, 0.05) is 24.2 Å². The van der Waals surface area contributed by atoms with Crippen molar-refractivity contribution in [2.45, 2.75) is 25.8 Å². The summed E-state index contributed by atoms with van der Waals surface area (Å²) < 4.78 is 2.01. The van der Waals surface area contributed by atoms with Crippen LogP contribution in [0.2, 0.25) is 0 Å². The maximum Gasteiger partial charge on any atom is 0.303 e. The summed E-state index contributed by atoms with van der Waals surface area (Å²) in [6, 6.07) is 9.02. The molecular weight excluding hydrogens is 242 g/mol. The third kappa shape index (κ3) is 2.26. The molecule has 0 unspecified atom stereocenters. The van der Waals surface area contributed by atoms with E-state index in [1.807, 2.05) is 28.8 Å². The Bertz CT molecular complexity index is 698. The van der Waals surface area contributed by atoms with Crippen LogP contribution in [0, 0.1) is 5.41 Å². The zero-order valence-corrected chi connectivity index (χ0v) is 10.5. The molecule has 1 aromatic carbocycles. The molecule has 0 atom stereocenters. The maximum atomic E-state index is 11.8. The second-order valence-corrected chi connectivity index (χ2v) is 5.40. The first-order valence-electron chi connectivity index (χ1n) is 6.40. The highest BCUT2D eigenvalue weighted by Crippen LogP contribution is 2.50. The topological polar surface area (TPSA) is 59.3 Å². The molecule has 0 amide bonds. The molecule has 4 heteroatoms. The Morgan fingerprint density at radius 1 is 1.26 bits per heavy atom. The molecule has 19 heavy (non-hydrogen) atoms. The molecule has 0 spiro atoms. The summed E-state index contributed by atoms with van der Waals surface area (Å²) in [6.07, 6.45) is 3.86. The van der Waals surface area contributed by atoms with Crippen molar-refractivity contribution in [1.82, 2.24) is 4.57 Å². The standard InChI is InChI=1S/C15H15NO3/c17-13-5-8-16(12-4-2-1-3-11(12)13)10-15(6-7-15)9-14(18)19/h1-5,8H,6-7,9-10H2,(H,18,19). The number of pyridine rings is 1. The number of hydrogen-bond donors (Lipinski definition) is 1. The first kappa shape index (κ1) is 12.0. The number of hydrogen-bond acceptors (Lipinski definition) is 2. The zero-order chi connectivity index (χ0) is 13.5. The van der Waals surface area contributed by atoms with E-state index >= 15 is 0 Å². The van der Waals surface area contributed by atoms with E-state index in [1.54, 1.807) is 12.3 Å². The molecule has 3 rings (SSSR count). The van der Waals surface area contributed by atoms with E-state index in [2.05, 4.69) is 0 Å². The summed E-state index contributed by atoms with van der Waals surface area (Å²) in [5.41, 5.74) is 0.769. The Labute approximate surface area is 110 Å². The number of nitrogens with zero attached hydrogens (tertiary/aromatic N) is 1. The fraction of sp³-hybridized carbons (Fsp3) is 0.333. The number of para-hydroxylation sites is 1. The lowest BCUT2D eigenvalue weighted by Crippen LogP contribution is -2.18. The van der Waals surface area contributed by atoms with Crippen LogP contribution in [0.15, 0.2) is 41.3 Å². The van der Waals surface area contributed by atoms with Gasteiger partial charge < -0.3 is 9.67 Å². The highest BCUT2D eigenvalue weighted by molar-refractivity contribution is 5.78. The average molecular weight is 257 g/mol.